The zero-order chi connectivity index (χ0) is 15.1. The van der Waals surface area contributed by atoms with Gasteiger partial charge in [-0.05, 0) is 25.0 Å². The van der Waals surface area contributed by atoms with Crippen molar-refractivity contribution in [3.05, 3.63) is 30.1 Å². The van der Waals surface area contributed by atoms with Gasteiger partial charge in [-0.15, -0.1) is 0 Å². The van der Waals surface area contributed by atoms with E-state index < -0.39 is 0 Å². The van der Waals surface area contributed by atoms with Crippen molar-refractivity contribution in [3.63, 3.8) is 0 Å². The first kappa shape index (κ1) is 15.5. The van der Waals surface area contributed by atoms with Crippen LogP contribution in [0.25, 0.3) is 0 Å². The maximum atomic E-state index is 12.0. The molecule has 0 unspecified atom stereocenters. The Morgan fingerprint density at radius 3 is 2.67 bits per heavy atom. The topological polar surface area (TPSA) is 62.3 Å². The molecular weight excluding hydrogens is 266 g/mol. The van der Waals surface area contributed by atoms with Gasteiger partial charge in [-0.1, -0.05) is 25.3 Å². The molecule has 2 rings (SSSR count). The molecule has 1 N–H and O–H groups in total. The monoisotopic (exact) mass is 289 g/mol. The number of aromatic nitrogens is 1. The Hall–Kier alpha value is -1.91. The highest BCUT2D eigenvalue weighted by Crippen LogP contribution is 2.22. The van der Waals surface area contributed by atoms with Crippen molar-refractivity contribution in [3.8, 4) is 0 Å². The second-order valence-corrected chi connectivity index (χ2v) is 5.54. The summed E-state index contributed by atoms with van der Waals surface area (Å²) in [7, 11) is 0. The van der Waals surface area contributed by atoms with Crippen molar-refractivity contribution >= 4 is 11.8 Å². The van der Waals surface area contributed by atoms with Crippen LogP contribution in [0.15, 0.2) is 24.4 Å². The highest BCUT2D eigenvalue weighted by atomic mass is 16.2. The Labute approximate surface area is 125 Å². The summed E-state index contributed by atoms with van der Waals surface area (Å²) in [5.74, 6) is -0.142. The van der Waals surface area contributed by atoms with Gasteiger partial charge in [-0.2, -0.15) is 0 Å². The quantitative estimate of drug-likeness (QED) is 0.900. The molecular formula is C16H23N3O2. The van der Waals surface area contributed by atoms with Gasteiger partial charge in [0.2, 0.25) is 11.8 Å². The van der Waals surface area contributed by atoms with E-state index in [0.29, 0.717) is 6.54 Å². The van der Waals surface area contributed by atoms with Crippen molar-refractivity contribution in [2.75, 3.05) is 6.54 Å². The van der Waals surface area contributed by atoms with Crippen LogP contribution in [0, 0.1) is 0 Å². The minimum atomic E-state index is -0.124. The lowest BCUT2D eigenvalue weighted by Gasteiger charge is -2.33. The number of nitrogens with zero attached hydrogens (tertiary/aromatic N) is 2. The fourth-order valence-electron chi connectivity index (χ4n) is 2.79. The minimum absolute atomic E-state index is 0.0186. The molecule has 1 aromatic rings. The molecule has 0 atom stereocenters. The van der Waals surface area contributed by atoms with Gasteiger partial charge in [0.15, 0.2) is 0 Å². The molecule has 21 heavy (non-hydrogen) atoms. The molecule has 1 saturated carbocycles. The van der Waals surface area contributed by atoms with E-state index in [2.05, 4.69) is 10.3 Å². The van der Waals surface area contributed by atoms with E-state index in [9.17, 15) is 9.59 Å². The summed E-state index contributed by atoms with van der Waals surface area (Å²) in [6.45, 7) is 2.09. The van der Waals surface area contributed by atoms with Crippen LogP contribution in [-0.2, 0) is 16.1 Å². The van der Waals surface area contributed by atoms with E-state index in [0.717, 1.165) is 31.4 Å². The van der Waals surface area contributed by atoms with Crippen LogP contribution in [0.5, 0.6) is 0 Å². The molecule has 5 heteroatoms. The average Bonchev–Trinajstić information content (AvgIpc) is 2.52. The Morgan fingerprint density at radius 1 is 1.29 bits per heavy atom. The van der Waals surface area contributed by atoms with Crippen LogP contribution < -0.4 is 5.32 Å². The molecule has 0 bridgehead atoms. The van der Waals surface area contributed by atoms with E-state index in [-0.39, 0.29) is 24.4 Å². The first-order valence-corrected chi connectivity index (χ1v) is 7.60. The molecule has 1 heterocycles. The average molecular weight is 289 g/mol. The molecule has 0 aromatic carbocycles. The van der Waals surface area contributed by atoms with Crippen LogP contribution in [-0.4, -0.2) is 34.3 Å². The molecule has 5 nitrogen and oxygen atoms in total. The maximum Gasteiger partial charge on any atom is 0.239 e. The van der Waals surface area contributed by atoms with E-state index >= 15 is 0 Å². The number of carbonyl (C=O) groups excluding carboxylic acids is 2. The summed E-state index contributed by atoms with van der Waals surface area (Å²) in [4.78, 5) is 29.7. The normalized spacial score (nSPS) is 15.5. The summed E-state index contributed by atoms with van der Waals surface area (Å²) >= 11 is 0. The third-order valence-corrected chi connectivity index (χ3v) is 3.93. The fourth-order valence-corrected chi connectivity index (χ4v) is 2.79. The van der Waals surface area contributed by atoms with Crippen LogP contribution in [0.4, 0.5) is 0 Å². The Bertz CT molecular complexity index is 470. The van der Waals surface area contributed by atoms with Gasteiger partial charge in [0.25, 0.3) is 0 Å². The van der Waals surface area contributed by atoms with Crippen LogP contribution in [0.3, 0.4) is 0 Å². The Kier molecular flexibility index (Phi) is 5.72. The first-order valence-electron chi connectivity index (χ1n) is 7.60. The van der Waals surface area contributed by atoms with Gasteiger partial charge in [0, 0.05) is 19.2 Å². The third-order valence-electron chi connectivity index (χ3n) is 3.93. The second-order valence-electron chi connectivity index (χ2n) is 5.54. The van der Waals surface area contributed by atoms with Gasteiger partial charge in [-0.25, -0.2) is 0 Å². The highest BCUT2D eigenvalue weighted by molar-refractivity contribution is 5.83. The molecule has 1 aromatic heterocycles. The number of hydrogen-bond donors (Lipinski definition) is 1. The zero-order valence-electron chi connectivity index (χ0n) is 12.5. The largest absolute Gasteiger partial charge is 0.349 e. The number of carbonyl (C=O) groups is 2. The van der Waals surface area contributed by atoms with Gasteiger partial charge >= 0.3 is 0 Å². The predicted molar refractivity (Wildman–Crippen MR) is 80.3 cm³/mol. The number of pyridine rings is 1. The van der Waals surface area contributed by atoms with Gasteiger partial charge in [-0.3, -0.25) is 14.6 Å². The summed E-state index contributed by atoms with van der Waals surface area (Å²) in [5.41, 5.74) is 0.817. The van der Waals surface area contributed by atoms with E-state index in [4.69, 9.17) is 0 Å². The molecule has 114 valence electrons. The van der Waals surface area contributed by atoms with Crippen LogP contribution in [0.2, 0.25) is 0 Å². The molecule has 1 aliphatic rings. The fraction of sp³-hybridized carbons (Fsp3) is 0.562. The van der Waals surface area contributed by atoms with Crippen LogP contribution >= 0.6 is 0 Å². The zero-order valence-corrected chi connectivity index (χ0v) is 12.5. The first-order chi connectivity index (χ1) is 10.2. The smallest absolute Gasteiger partial charge is 0.239 e. The molecule has 0 radical (unpaired) electrons. The van der Waals surface area contributed by atoms with Crippen molar-refractivity contribution in [2.24, 2.45) is 0 Å². The SMILES string of the molecule is CC(=O)N(CC(=O)NCc1ccccn1)C1CCCCC1. The highest BCUT2D eigenvalue weighted by Gasteiger charge is 2.24. The Morgan fingerprint density at radius 2 is 2.05 bits per heavy atom. The Balaban J connectivity index is 1.84. The van der Waals surface area contributed by atoms with Crippen molar-refractivity contribution in [1.82, 2.24) is 15.2 Å². The molecule has 1 fully saturated rings. The molecule has 0 aliphatic heterocycles. The third kappa shape index (κ3) is 4.85. The van der Waals surface area contributed by atoms with E-state index in [1.807, 2.05) is 18.2 Å². The van der Waals surface area contributed by atoms with Gasteiger partial charge in [0.05, 0.1) is 18.8 Å². The lowest BCUT2D eigenvalue weighted by atomic mass is 9.94. The summed E-state index contributed by atoms with van der Waals surface area (Å²) in [6, 6.07) is 5.81. The number of amides is 2. The van der Waals surface area contributed by atoms with E-state index in [1.165, 1.54) is 6.42 Å². The second kappa shape index (κ2) is 7.76. The van der Waals surface area contributed by atoms with Crippen molar-refractivity contribution in [1.29, 1.82) is 0 Å². The van der Waals surface area contributed by atoms with Crippen molar-refractivity contribution < 1.29 is 9.59 Å². The molecule has 0 saturated heterocycles. The lowest BCUT2D eigenvalue weighted by Crippen LogP contribution is -2.46. The maximum absolute atomic E-state index is 12.0. The van der Waals surface area contributed by atoms with Gasteiger partial charge in [0.1, 0.15) is 0 Å². The molecule has 2 amide bonds. The standard InChI is InChI=1S/C16H23N3O2/c1-13(20)19(15-8-3-2-4-9-15)12-16(21)18-11-14-7-5-6-10-17-14/h5-7,10,15H,2-4,8-9,11-12H2,1H3,(H,18,21). The summed E-state index contributed by atoms with van der Waals surface area (Å²) in [6.07, 6.45) is 7.23. The number of hydrogen-bond acceptors (Lipinski definition) is 3. The van der Waals surface area contributed by atoms with Crippen LogP contribution in [0.1, 0.15) is 44.7 Å². The molecule has 0 spiro atoms. The minimum Gasteiger partial charge on any atom is -0.349 e. The number of nitrogens with one attached hydrogen (secondary N) is 1. The summed E-state index contributed by atoms with van der Waals surface area (Å²) < 4.78 is 0. The summed E-state index contributed by atoms with van der Waals surface area (Å²) in [5, 5.41) is 2.83. The number of rotatable bonds is 5. The van der Waals surface area contributed by atoms with Gasteiger partial charge < -0.3 is 10.2 Å². The van der Waals surface area contributed by atoms with Crippen molar-refractivity contribution in [2.45, 2.75) is 51.6 Å². The predicted octanol–water partition coefficient (Wildman–Crippen LogP) is 1.88. The molecule has 1 aliphatic carbocycles. The van der Waals surface area contributed by atoms with E-state index in [1.54, 1.807) is 18.0 Å². The lowest BCUT2D eigenvalue weighted by molar-refractivity contribution is -0.137.